The zero-order valence-corrected chi connectivity index (χ0v) is 18.6. The molecule has 0 saturated carbocycles. The molecular formula is C26H29N5O2. The van der Waals surface area contributed by atoms with E-state index in [0.29, 0.717) is 12.0 Å². The second kappa shape index (κ2) is 8.23. The van der Waals surface area contributed by atoms with Crippen LogP contribution in [0.1, 0.15) is 47.5 Å². The number of hydrogen-bond donors (Lipinski definition) is 3. The Morgan fingerprint density at radius 2 is 1.61 bits per heavy atom. The molecule has 7 heteroatoms. The molecule has 0 atom stereocenters. The molecule has 33 heavy (non-hydrogen) atoms. The van der Waals surface area contributed by atoms with Crippen molar-refractivity contribution in [1.29, 1.82) is 0 Å². The molecule has 3 N–H and O–H groups in total. The summed E-state index contributed by atoms with van der Waals surface area (Å²) in [4.78, 5) is 38.2. The van der Waals surface area contributed by atoms with Gasteiger partial charge in [-0.1, -0.05) is 24.3 Å². The van der Waals surface area contributed by atoms with Gasteiger partial charge in [0.2, 0.25) is 0 Å². The minimum Gasteiger partial charge on any atom is -0.360 e. The first-order valence-electron chi connectivity index (χ1n) is 12.0. The van der Waals surface area contributed by atoms with Crippen molar-refractivity contribution in [2.45, 2.75) is 37.6 Å². The molecule has 2 fully saturated rings. The number of benzene rings is 2. The van der Waals surface area contributed by atoms with Crippen molar-refractivity contribution >= 4 is 27.8 Å². The standard InChI is InChI=1S/C26H29N5O2/c32-25(21-16-27-22-4-2-1-3-20(21)22)31-13-9-19(10-14-31)30-11-7-17(8-12-30)18-5-6-23-24(15-18)29-26(33)28-23/h1-6,15-17,19,27H,7-14H2,(H2,28,29,33). The Morgan fingerprint density at radius 3 is 2.42 bits per heavy atom. The monoisotopic (exact) mass is 443 g/mol. The number of amides is 1. The van der Waals surface area contributed by atoms with Crippen LogP contribution in [0.5, 0.6) is 0 Å². The Bertz CT molecular complexity index is 1350. The summed E-state index contributed by atoms with van der Waals surface area (Å²) in [6, 6.07) is 14.8. The lowest BCUT2D eigenvalue weighted by Gasteiger charge is -2.42. The zero-order valence-electron chi connectivity index (χ0n) is 18.6. The van der Waals surface area contributed by atoms with E-state index in [1.165, 1.54) is 5.56 Å². The van der Waals surface area contributed by atoms with Crippen molar-refractivity contribution in [3.05, 3.63) is 70.3 Å². The summed E-state index contributed by atoms with van der Waals surface area (Å²) in [6.07, 6.45) is 6.19. The number of hydrogen-bond acceptors (Lipinski definition) is 3. The highest BCUT2D eigenvalue weighted by molar-refractivity contribution is 6.06. The second-order valence-corrected chi connectivity index (χ2v) is 9.47. The fraction of sp³-hybridized carbons (Fsp3) is 0.385. The van der Waals surface area contributed by atoms with E-state index in [1.54, 1.807) is 0 Å². The van der Waals surface area contributed by atoms with Crippen molar-refractivity contribution in [2.24, 2.45) is 0 Å². The molecule has 170 valence electrons. The number of fused-ring (bicyclic) bond motifs is 2. The maximum Gasteiger partial charge on any atom is 0.323 e. The number of aromatic amines is 3. The summed E-state index contributed by atoms with van der Waals surface area (Å²) in [7, 11) is 0. The smallest absolute Gasteiger partial charge is 0.323 e. The highest BCUT2D eigenvalue weighted by atomic mass is 16.2. The largest absolute Gasteiger partial charge is 0.360 e. The lowest BCUT2D eigenvalue weighted by atomic mass is 9.88. The van der Waals surface area contributed by atoms with Crippen LogP contribution in [-0.2, 0) is 0 Å². The van der Waals surface area contributed by atoms with E-state index < -0.39 is 0 Å². The van der Waals surface area contributed by atoms with Gasteiger partial charge in [0.05, 0.1) is 16.6 Å². The van der Waals surface area contributed by atoms with Crippen molar-refractivity contribution in [3.8, 4) is 0 Å². The van der Waals surface area contributed by atoms with Crippen LogP contribution in [0.25, 0.3) is 21.9 Å². The molecule has 2 aromatic carbocycles. The van der Waals surface area contributed by atoms with Gasteiger partial charge in [-0.25, -0.2) is 4.79 Å². The third-order valence-electron chi connectivity index (χ3n) is 7.63. The Balaban J connectivity index is 1.05. The van der Waals surface area contributed by atoms with Gasteiger partial charge in [-0.2, -0.15) is 0 Å². The minimum absolute atomic E-state index is 0.141. The average molecular weight is 444 g/mol. The van der Waals surface area contributed by atoms with E-state index >= 15 is 0 Å². The normalized spacial score (nSPS) is 19.0. The van der Waals surface area contributed by atoms with Gasteiger partial charge in [-0.3, -0.25) is 4.79 Å². The minimum atomic E-state index is -0.147. The predicted molar refractivity (Wildman–Crippen MR) is 130 cm³/mol. The Labute approximate surface area is 191 Å². The number of imidazole rings is 1. The van der Waals surface area contributed by atoms with Crippen LogP contribution in [-0.4, -0.2) is 62.9 Å². The average Bonchev–Trinajstić information content (AvgIpc) is 3.46. The quantitative estimate of drug-likeness (QED) is 0.450. The highest BCUT2D eigenvalue weighted by Crippen LogP contribution is 2.32. The second-order valence-electron chi connectivity index (χ2n) is 9.47. The Hall–Kier alpha value is -3.32. The molecule has 2 aromatic heterocycles. The molecular weight excluding hydrogens is 414 g/mol. The van der Waals surface area contributed by atoms with Gasteiger partial charge < -0.3 is 24.8 Å². The molecule has 1 amide bonds. The summed E-state index contributed by atoms with van der Waals surface area (Å²) in [5, 5.41) is 1.01. The molecule has 0 aliphatic carbocycles. The molecule has 4 aromatic rings. The summed E-state index contributed by atoms with van der Waals surface area (Å²) in [5.41, 5.74) is 4.73. The van der Waals surface area contributed by atoms with Crippen molar-refractivity contribution in [3.63, 3.8) is 0 Å². The molecule has 4 heterocycles. The summed E-state index contributed by atoms with van der Waals surface area (Å²) < 4.78 is 0. The number of carbonyl (C=O) groups is 1. The van der Waals surface area contributed by atoms with Gasteiger partial charge in [0, 0.05) is 36.2 Å². The van der Waals surface area contributed by atoms with Crippen LogP contribution in [0, 0.1) is 0 Å². The van der Waals surface area contributed by atoms with Gasteiger partial charge in [-0.15, -0.1) is 0 Å². The molecule has 7 nitrogen and oxygen atoms in total. The number of nitrogens with one attached hydrogen (secondary N) is 3. The molecule has 0 bridgehead atoms. The van der Waals surface area contributed by atoms with Crippen LogP contribution < -0.4 is 5.69 Å². The number of H-pyrrole nitrogens is 3. The molecule has 0 unspecified atom stereocenters. The van der Waals surface area contributed by atoms with Crippen molar-refractivity contribution in [2.75, 3.05) is 26.2 Å². The topological polar surface area (TPSA) is 88.0 Å². The predicted octanol–water partition coefficient (Wildman–Crippen LogP) is 3.82. The first kappa shape index (κ1) is 20.3. The van der Waals surface area contributed by atoms with E-state index in [9.17, 15) is 9.59 Å². The fourth-order valence-electron chi connectivity index (χ4n) is 5.75. The molecule has 2 saturated heterocycles. The number of likely N-dealkylation sites (tertiary alicyclic amines) is 2. The first-order valence-corrected chi connectivity index (χ1v) is 12.0. The van der Waals surface area contributed by atoms with Crippen LogP contribution in [0.4, 0.5) is 0 Å². The van der Waals surface area contributed by atoms with E-state index in [-0.39, 0.29) is 11.6 Å². The third kappa shape index (κ3) is 3.76. The van der Waals surface area contributed by atoms with Gasteiger partial charge in [0.25, 0.3) is 5.91 Å². The summed E-state index contributed by atoms with van der Waals surface area (Å²) in [5.74, 6) is 0.676. The maximum atomic E-state index is 13.1. The van der Waals surface area contributed by atoms with Crippen LogP contribution >= 0.6 is 0 Å². The van der Waals surface area contributed by atoms with Crippen molar-refractivity contribution in [1.82, 2.24) is 24.8 Å². The number of carbonyl (C=O) groups excluding carboxylic acids is 1. The van der Waals surface area contributed by atoms with E-state index in [1.807, 2.05) is 41.4 Å². The van der Waals surface area contributed by atoms with Crippen LogP contribution in [0.2, 0.25) is 0 Å². The lowest BCUT2D eigenvalue weighted by molar-refractivity contribution is 0.0580. The molecule has 0 radical (unpaired) electrons. The SMILES string of the molecule is O=C(c1c[nH]c2ccccc12)N1CCC(N2CCC(c3ccc4[nH]c(=O)[nH]c4c3)CC2)CC1. The molecule has 2 aliphatic rings. The first-order chi connectivity index (χ1) is 16.2. The highest BCUT2D eigenvalue weighted by Gasteiger charge is 2.31. The summed E-state index contributed by atoms with van der Waals surface area (Å²) >= 11 is 0. The molecule has 2 aliphatic heterocycles. The maximum absolute atomic E-state index is 13.1. The summed E-state index contributed by atoms with van der Waals surface area (Å²) in [6.45, 7) is 3.82. The number of aromatic nitrogens is 3. The Morgan fingerprint density at radius 1 is 0.848 bits per heavy atom. The number of piperidine rings is 2. The van der Waals surface area contributed by atoms with Gasteiger partial charge in [-0.05, 0) is 68.5 Å². The molecule has 6 rings (SSSR count). The van der Waals surface area contributed by atoms with Crippen LogP contribution in [0.15, 0.2) is 53.5 Å². The van der Waals surface area contributed by atoms with E-state index in [4.69, 9.17) is 0 Å². The van der Waals surface area contributed by atoms with E-state index in [0.717, 1.165) is 79.4 Å². The van der Waals surface area contributed by atoms with Gasteiger partial charge >= 0.3 is 5.69 Å². The van der Waals surface area contributed by atoms with E-state index in [2.05, 4.69) is 32.0 Å². The number of rotatable bonds is 3. The fourth-order valence-corrected chi connectivity index (χ4v) is 5.75. The zero-order chi connectivity index (χ0) is 22.4. The molecule has 0 spiro atoms. The number of para-hydroxylation sites is 1. The lowest BCUT2D eigenvalue weighted by Crippen LogP contribution is -2.48. The number of nitrogens with zero attached hydrogens (tertiary/aromatic N) is 2. The van der Waals surface area contributed by atoms with Crippen molar-refractivity contribution < 1.29 is 4.79 Å². The van der Waals surface area contributed by atoms with Gasteiger partial charge in [0.1, 0.15) is 0 Å². The van der Waals surface area contributed by atoms with Gasteiger partial charge in [0.15, 0.2) is 0 Å². The Kier molecular flexibility index (Phi) is 5.06. The van der Waals surface area contributed by atoms with Crippen LogP contribution in [0.3, 0.4) is 0 Å². The third-order valence-corrected chi connectivity index (χ3v) is 7.63.